The Balaban J connectivity index is 1.82. The van der Waals surface area contributed by atoms with Crippen molar-refractivity contribution < 1.29 is 4.74 Å². The summed E-state index contributed by atoms with van der Waals surface area (Å²) in [6.45, 7) is 4.27. The maximum absolute atomic E-state index is 6.13. The topological polar surface area (TPSA) is 9.23 Å². The predicted molar refractivity (Wildman–Crippen MR) is 82.0 cm³/mol. The predicted octanol–water partition coefficient (Wildman–Crippen LogP) is 4.73. The number of hydrogen-bond acceptors (Lipinski definition) is 1. The highest BCUT2D eigenvalue weighted by atomic mass is 16.5. The van der Waals surface area contributed by atoms with Crippen LogP contribution in [0.4, 0.5) is 0 Å². The van der Waals surface area contributed by atoms with E-state index < -0.39 is 0 Å². The van der Waals surface area contributed by atoms with Gasteiger partial charge in [0.25, 0.3) is 0 Å². The molecule has 0 aromatic heterocycles. The Bertz CT molecular complexity index is 644. The largest absolute Gasteiger partial charge is 0.375 e. The first kappa shape index (κ1) is 12.2. The molecule has 3 atom stereocenters. The summed E-state index contributed by atoms with van der Waals surface area (Å²) in [5.41, 5.74) is 5.82. The molecule has 0 saturated heterocycles. The van der Waals surface area contributed by atoms with Crippen LogP contribution in [0, 0.1) is 0 Å². The van der Waals surface area contributed by atoms with E-state index in [1.807, 2.05) is 0 Å². The van der Waals surface area contributed by atoms with Crippen molar-refractivity contribution in [2.45, 2.75) is 44.3 Å². The molecule has 3 unspecified atom stereocenters. The van der Waals surface area contributed by atoms with E-state index in [-0.39, 0.29) is 0 Å². The molecule has 0 heterocycles. The Morgan fingerprint density at radius 2 is 1.50 bits per heavy atom. The molecule has 0 aliphatic heterocycles. The molecule has 0 bridgehead atoms. The number of hydrogen-bond donors (Lipinski definition) is 0. The lowest BCUT2D eigenvalue weighted by Gasteiger charge is -2.49. The van der Waals surface area contributed by atoms with Crippen LogP contribution in [0.2, 0.25) is 0 Å². The van der Waals surface area contributed by atoms with Crippen LogP contribution < -0.4 is 0 Å². The third-order valence-corrected chi connectivity index (χ3v) is 4.74. The summed E-state index contributed by atoms with van der Waals surface area (Å²) < 4.78 is 6.13. The van der Waals surface area contributed by atoms with Gasteiger partial charge in [0.15, 0.2) is 0 Å². The summed E-state index contributed by atoms with van der Waals surface area (Å²) in [5, 5.41) is 0. The first-order valence-electron chi connectivity index (χ1n) is 7.59. The molecule has 0 spiro atoms. The maximum Gasteiger partial charge on any atom is 0.0659 e. The Kier molecular flexibility index (Phi) is 2.71. The van der Waals surface area contributed by atoms with Crippen LogP contribution in [0.3, 0.4) is 0 Å². The summed E-state index contributed by atoms with van der Waals surface area (Å²) in [6.07, 6.45) is 1.86. The fourth-order valence-electron chi connectivity index (χ4n) is 3.93. The first-order valence-corrected chi connectivity index (χ1v) is 7.59. The summed E-state index contributed by atoms with van der Waals surface area (Å²) in [6, 6.07) is 17.7. The van der Waals surface area contributed by atoms with Gasteiger partial charge in [0.05, 0.1) is 12.2 Å². The fraction of sp³-hybridized carbons (Fsp3) is 0.368. The van der Waals surface area contributed by atoms with Gasteiger partial charge in [-0.3, -0.25) is 0 Å². The van der Waals surface area contributed by atoms with Crippen LogP contribution >= 0.6 is 0 Å². The van der Waals surface area contributed by atoms with E-state index in [0.29, 0.717) is 24.0 Å². The smallest absolute Gasteiger partial charge is 0.0659 e. The van der Waals surface area contributed by atoms with E-state index in [4.69, 9.17) is 4.74 Å². The molecule has 102 valence electrons. The maximum atomic E-state index is 6.13. The van der Waals surface area contributed by atoms with Crippen molar-refractivity contribution in [3.8, 4) is 11.1 Å². The minimum Gasteiger partial charge on any atom is -0.375 e. The Labute approximate surface area is 120 Å². The molecule has 1 fully saturated rings. The molecule has 0 amide bonds. The molecule has 20 heavy (non-hydrogen) atoms. The van der Waals surface area contributed by atoms with E-state index in [1.54, 1.807) is 0 Å². The Morgan fingerprint density at radius 1 is 0.900 bits per heavy atom. The van der Waals surface area contributed by atoms with Gasteiger partial charge in [0.2, 0.25) is 0 Å². The van der Waals surface area contributed by atoms with Crippen molar-refractivity contribution in [1.29, 1.82) is 0 Å². The van der Waals surface area contributed by atoms with Crippen LogP contribution in [0.25, 0.3) is 11.1 Å². The number of fused-ring (bicyclic) bond motifs is 6. The van der Waals surface area contributed by atoms with Gasteiger partial charge in [0, 0.05) is 5.92 Å². The molecule has 0 radical (unpaired) electrons. The van der Waals surface area contributed by atoms with Crippen molar-refractivity contribution in [2.75, 3.05) is 0 Å². The highest BCUT2D eigenvalue weighted by Crippen LogP contribution is 2.58. The molecule has 2 aliphatic rings. The molecule has 0 N–H and O–H groups in total. The zero-order chi connectivity index (χ0) is 13.7. The fourth-order valence-corrected chi connectivity index (χ4v) is 3.93. The molecule has 2 aliphatic carbocycles. The number of benzene rings is 2. The lowest BCUT2D eigenvalue weighted by molar-refractivity contribution is -0.0631. The third-order valence-electron chi connectivity index (χ3n) is 4.74. The van der Waals surface area contributed by atoms with Crippen molar-refractivity contribution >= 4 is 0 Å². The highest BCUT2D eigenvalue weighted by molar-refractivity contribution is 5.76. The zero-order valence-electron chi connectivity index (χ0n) is 12.0. The van der Waals surface area contributed by atoms with Crippen LogP contribution in [-0.4, -0.2) is 12.2 Å². The van der Waals surface area contributed by atoms with Crippen LogP contribution in [0.15, 0.2) is 48.5 Å². The van der Waals surface area contributed by atoms with Crippen LogP contribution in [-0.2, 0) is 4.74 Å². The molecule has 2 aromatic rings. The monoisotopic (exact) mass is 264 g/mol. The summed E-state index contributed by atoms with van der Waals surface area (Å²) >= 11 is 0. The van der Waals surface area contributed by atoms with Gasteiger partial charge >= 0.3 is 0 Å². The van der Waals surface area contributed by atoms with Crippen LogP contribution in [0.5, 0.6) is 0 Å². The van der Waals surface area contributed by atoms with Crippen molar-refractivity contribution in [1.82, 2.24) is 0 Å². The van der Waals surface area contributed by atoms with E-state index >= 15 is 0 Å². The van der Waals surface area contributed by atoms with Gasteiger partial charge in [-0.2, -0.15) is 0 Å². The molecule has 1 heteroatoms. The van der Waals surface area contributed by atoms with E-state index in [9.17, 15) is 0 Å². The molecule has 1 nitrogen and oxygen atoms in total. The lowest BCUT2D eigenvalue weighted by Crippen LogP contribution is -2.43. The second-order valence-corrected chi connectivity index (χ2v) is 6.27. The standard InChI is InChI=1S/C19H20O/c1-12(2)20-18-11-17-15-9-4-3-7-13(15)14-8-5-6-10-16(14)19(17)18/h3-10,12,17-19H,11H2,1-2H3. The van der Waals surface area contributed by atoms with Crippen molar-refractivity contribution in [3.63, 3.8) is 0 Å². The van der Waals surface area contributed by atoms with Gasteiger partial charge in [-0.05, 0) is 48.4 Å². The van der Waals surface area contributed by atoms with Crippen LogP contribution in [0.1, 0.15) is 43.2 Å². The average molecular weight is 264 g/mol. The molecule has 1 saturated carbocycles. The van der Waals surface area contributed by atoms with Gasteiger partial charge in [-0.25, -0.2) is 0 Å². The Morgan fingerprint density at radius 3 is 2.20 bits per heavy atom. The minimum absolute atomic E-state index is 0.310. The average Bonchev–Trinajstić information content (AvgIpc) is 2.43. The van der Waals surface area contributed by atoms with Crippen molar-refractivity contribution in [2.24, 2.45) is 0 Å². The van der Waals surface area contributed by atoms with Crippen molar-refractivity contribution in [3.05, 3.63) is 59.7 Å². The second kappa shape index (κ2) is 4.46. The molecule has 2 aromatic carbocycles. The lowest BCUT2D eigenvalue weighted by atomic mass is 9.59. The molecular weight excluding hydrogens is 244 g/mol. The quantitative estimate of drug-likeness (QED) is 0.761. The second-order valence-electron chi connectivity index (χ2n) is 6.27. The Hall–Kier alpha value is -1.60. The summed E-state index contributed by atoms with van der Waals surface area (Å²) in [7, 11) is 0. The normalized spacial score (nSPS) is 26.4. The zero-order valence-corrected chi connectivity index (χ0v) is 12.0. The third kappa shape index (κ3) is 1.66. The summed E-state index contributed by atoms with van der Waals surface area (Å²) in [5.74, 6) is 1.19. The number of ether oxygens (including phenoxy) is 1. The van der Waals surface area contributed by atoms with Gasteiger partial charge < -0.3 is 4.74 Å². The first-order chi connectivity index (χ1) is 9.75. The minimum atomic E-state index is 0.310. The summed E-state index contributed by atoms with van der Waals surface area (Å²) in [4.78, 5) is 0. The van der Waals surface area contributed by atoms with Gasteiger partial charge in [-0.15, -0.1) is 0 Å². The number of rotatable bonds is 2. The van der Waals surface area contributed by atoms with Gasteiger partial charge in [0.1, 0.15) is 0 Å². The molecular formula is C19H20O. The highest BCUT2D eigenvalue weighted by Gasteiger charge is 2.47. The van der Waals surface area contributed by atoms with E-state index in [1.165, 1.54) is 22.3 Å². The van der Waals surface area contributed by atoms with Gasteiger partial charge in [-0.1, -0.05) is 48.5 Å². The van der Waals surface area contributed by atoms with E-state index in [0.717, 1.165) is 6.42 Å². The van der Waals surface area contributed by atoms with E-state index in [2.05, 4.69) is 62.4 Å². The SMILES string of the molecule is CC(C)OC1CC2c3ccccc3-c3ccccc3C12. The molecule has 4 rings (SSSR count).